The summed E-state index contributed by atoms with van der Waals surface area (Å²) in [4.78, 5) is 15.6. The third kappa shape index (κ3) is 4.02. The van der Waals surface area contributed by atoms with Crippen molar-refractivity contribution in [3.63, 3.8) is 0 Å². The first-order valence-corrected chi connectivity index (χ1v) is 6.63. The predicted octanol–water partition coefficient (Wildman–Crippen LogP) is 2.53. The molecule has 21 heavy (non-hydrogen) atoms. The van der Waals surface area contributed by atoms with Crippen molar-refractivity contribution >= 4 is 5.91 Å². The fourth-order valence-corrected chi connectivity index (χ4v) is 1.81. The maximum absolute atomic E-state index is 13.3. The number of halogens is 1. The highest BCUT2D eigenvalue weighted by molar-refractivity contribution is 5.77. The van der Waals surface area contributed by atoms with E-state index in [1.807, 2.05) is 32.0 Å². The van der Waals surface area contributed by atoms with Gasteiger partial charge in [0.25, 0.3) is 5.91 Å². The highest BCUT2D eigenvalue weighted by Crippen LogP contribution is 2.20. The van der Waals surface area contributed by atoms with E-state index in [9.17, 15) is 9.18 Å². The van der Waals surface area contributed by atoms with Crippen LogP contribution in [0, 0.1) is 19.7 Å². The van der Waals surface area contributed by atoms with E-state index in [1.54, 1.807) is 0 Å². The summed E-state index contributed by atoms with van der Waals surface area (Å²) in [5.41, 5.74) is 2.31. The molecule has 1 heterocycles. The van der Waals surface area contributed by atoms with E-state index in [1.165, 1.54) is 18.3 Å². The molecule has 110 valence electrons. The predicted molar refractivity (Wildman–Crippen MR) is 77.5 cm³/mol. The highest BCUT2D eigenvalue weighted by Gasteiger charge is 2.08. The number of hydrogen-bond donors (Lipinski definition) is 1. The Hall–Kier alpha value is -2.43. The number of benzene rings is 1. The molecule has 0 saturated carbocycles. The zero-order chi connectivity index (χ0) is 15.2. The van der Waals surface area contributed by atoms with Crippen molar-refractivity contribution in [1.29, 1.82) is 0 Å². The molecule has 0 radical (unpaired) electrons. The Morgan fingerprint density at radius 3 is 2.86 bits per heavy atom. The van der Waals surface area contributed by atoms with E-state index < -0.39 is 5.82 Å². The van der Waals surface area contributed by atoms with Crippen LogP contribution in [0.25, 0.3) is 0 Å². The Kier molecular flexibility index (Phi) is 4.87. The number of pyridine rings is 1. The Morgan fingerprint density at radius 1 is 1.29 bits per heavy atom. The zero-order valence-corrected chi connectivity index (χ0v) is 12.0. The lowest BCUT2D eigenvalue weighted by Gasteiger charge is -2.11. The Morgan fingerprint density at radius 2 is 2.10 bits per heavy atom. The summed E-state index contributed by atoms with van der Waals surface area (Å²) in [6.45, 7) is 3.85. The maximum Gasteiger partial charge on any atom is 0.258 e. The fourth-order valence-electron chi connectivity index (χ4n) is 1.81. The van der Waals surface area contributed by atoms with Gasteiger partial charge in [0.2, 0.25) is 0 Å². The van der Waals surface area contributed by atoms with Crippen molar-refractivity contribution in [3.8, 4) is 5.75 Å². The number of carbonyl (C=O) groups excluding carboxylic acids is 1. The molecule has 0 spiro atoms. The first kappa shape index (κ1) is 15.0. The number of carbonyl (C=O) groups is 1. The second kappa shape index (κ2) is 6.83. The molecule has 2 rings (SSSR count). The van der Waals surface area contributed by atoms with Gasteiger partial charge in [-0.3, -0.25) is 9.78 Å². The summed E-state index contributed by atoms with van der Waals surface area (Å²) in [7, 11) is 0. The first-order chi connectivity index (χ1) is 10.1. The van der Waals surface area contributed by atoms with E-state index in [-0.39, 0.29) is 24.8 Å². The molecule has 5 heteroatoms. The molecule has 0 aliphatic carbocycles. The van der Waals surface area contributed by atoms with Crippen LogP contribution >= 0.6 is 0 Å². The van der Waals surface area contributed by atoms with Crippen LogP contribution < -0.4 is 10.1 Å². The van der Waals surface area contributed by atoms with Gasteiger partial charge in [0.1, 0.15) is 11.6 Å². The van der Waals surface area contributed by atoms with Crippen molar-refractivity contribution in [3.05, 3.63) is 59.2 Å². The number of nitrogens with zero attached hydrogens (tertiary/aromatic N) is 1. The summed E-state index contributed by atoms with van der Waals surface area (Å²) in [5, 5.41) is 2.58. The quantitative estimate of drug-likeness (QED) is 0.920. The molecule has 0 bridgehead atoms. The second-order valence-electron chi connectivity index (χ2n) is 4.70. The van der Waals surface area contributed by atoms with Gasteiger partial charge in [0.05, 0.1) is 12.2 Å². The summed E-state index contributed by atoms with van der Waals surface area (Å²) >= 11 is 0. The SMILES string of the molecule is Cc1cccc(OCC(=O)NCc2ncccc2F)c1C. The average Bonchev–Trinajstić information content (AvgIpc) is 2.48. The van der Waals surface area contributed by atoms with Gasteiger partial charge in [-0.15, -0.1) is 0 Å². The highest BCUT2D eigenvalue weighted by atomic mass is 19.1. The van der Waals surface area contributed by atoms with Gasteiger partial charge < -0.3 is 10.1 Å². The van der Waals surface area contributed by atoms with Crippen molar-refractivity contribution in [2.45, 2.75) is 20.4 Å². The molecular weight excluding hydrogens is 271 g/mol. The van der Waals surface area contributed by atoms with Crippen LogP contribution in [0.1, 0.15) is 16.8 Å². The van der Waals surface area contributed by atoms with Crippen LogP contribution in [-0.4, -0.2) is 17.5 Å². The molecule has 0 aliphatic heterocycles. The molecule has 1 N–H and O–H groups in total. The van der Waals surface area contributed by atoms with Gasteiger partial charge in [-0.2, -0.15) is 0 Å². The van der Waals surface area contributed by atoms with Gasteiger partial charge in [0.15, 0.2) is 6.61 Å². The third-order valence-electron chi connectivity index (χ3n) is 3.20. The van der Waals surface area contributed by atoms with Crippen LogP contribution in [0.5, 0.6) is 5.75 Å². The smallest absolute Gasteiger partial charge is 0.258 e. The van der Waals surface area contributed by atoms with Crippen molar-refractivity contribution < 1.29 is 13.9 Å². The van der Waals surface area contributed by atoms with Crippen LogP contribution in [-0.2, 0) is 11.3 Å². The molecule has 0 saturated heterocycles. The Bertz CT molecular complexity index is 644. The van der Waals surface area contributed by atoms with Crippen LogP contribution in [0.4, 0.5) is 4.39 Å². The van der Waals surface area contributed by atoms with Crippen LogP contribution in [0.15, 0.2) is 36.5 Å². The lowest BCUT2D eigenvalue weighted by molar-refractivity contribution is -0.123. The zero-order valence-electron chi connectivity index (χ0n) is 12.0. The molecule has 0 atom stereocenters. The molecule has 1 amide bonds. The van der Waals surface area contributed by atoms with Crippen molar-refractivity contribution in [2.75, 3.05) is 6.61 Å². The van der Waals surface area contributed by atoms with Gasteiger partial charge in [-0.1, -0.05) is 12.1 Å². The number of hydrogen-bond acceptors (Lipinski definition) is 3. The third-order valence-corrected chi connectivity index (χ3v) is 3.20. The number of aromatic nitrogens is 1. The second-order valence-corrected chi connectivity index (χ2v) is 4.70. The first-order valence-electron chi connectivity index (χ1n) is 6.63. The summed E-state index contributed by atoms with van der Waals surface area (Å²) in [6.07, 6.45) is 1.48. The average molecular weight is 288 g/mol. The monoisotopic (exact) mass is 288 g/mol. The van der Waals surface area contributed by atoms with Crippen LogP contribution in [0.2, 0.25) is 0 Å². The van der Waals surface area contributed by atoms with E-state index in [4.69, 9.17) is 4.74 Å². The van der Waals surface area contributed by atoms with Gasteiger partial charge >= 0.3 is 0 Å². The maximum atomic E-state index is 13.3. The Balaban J connectivity index is 1.85. The molecule has 0 fully saturated rings. The minimum absolute atomic E-state index is 0.0433. The topological polar surface area (TPSA) is 51.2 Å². The van der Waals surface area contributed by atoms with Crippen molar-refractivity contribution in [2.24, 2.45) is 0 Å². The summed E-state index contributed by atoms with van der Waals surface area (Å²) in [6, 6.07) is 8.48. The molecule has 1 aromatic carbocycles. The normalized spacial score (nSPS) is 10.2. The number of ether oxygens (including phenoxy) is 1. The standard InChI is InChI=1S/C16H17FN2O2/c1-11-5-3-7-15(12(11)2)21-10-16(20)19-9-14-13(17)6-4-8-18-14/h3-8H,9-10H2,1-2H3,(H,19,20). The van der Waals surface area contributed by atoms with Gasteiger partial charge in [-0.05, 0) is 43.2 Å². The molecule has 0 aliphatic rings. The van der Waals surface area contributed by atoms with Crippen LogP contribution in [0.3, 0.4) is 0 Å². The lowest BCUT2D eigenvalue weighted by atomic mass is 10.1. The molecule has 1 aromatic heterocycles. The largest absolute Gasteiger partial charge is 0.483 e. The number of nitrogens with one attached hydrogen (secondary N) is 1. The number of aryl methyl sites for hydroxylation is 1. The number of amides is 1. The van der Waals surface area contributed by atoms with E-state index in [0.29, 0.717) is 5.75 Å². The molecule has 2 aromatic rings. The van der Waals surface area contributed by atoms with E-state index in [0.717, 1.165) is 11.1 Å². The molecule has 0 unspecified atom stereocenters. The molecule has 4 nitrogen and oxygen atoms in total. The van der Waals surface area contributed by atoms with E-state index >= 15 is 0 Å². The Labute approximate surface area is 123 Å². The summed E-state index contributed by atoms with van der Waals surface area (Å²) in [5.74, 6) is -0.0802. The summed E-state index contributed by atoms with van der Waals surface area (Å²) < 4.78 is 18.8. The van der Waals surface area contributed by atoms with E-state index in [2.05, 4.69) is 10.3 Å². The lowest BCUT2D eigenvalue weighted by Crippen LogP contribution is -2.29. The molecular formula is C16H17FN2O2. The number of rotatable bonds is 5. The minimum atomic E-state index is -0.437. The van der Waals surface area contributed by atoms with Gasteiger partial charge in [-0.25, -0.2) is 4.39 Å². The minimum Gasteiger partial charge on any atom is -0.483 e. The van der Waals surface area contributed by atoms with Gasteiger partial charge in [0, 0.05) is 6.20 Å². The van der Waals surface area contributed by atoms with Crippen molar-refractivity contribution in [1.82, 2.24) is 10.3 Å². The fraction of sp³-hybridized carbons (Fsp3) is 0.250.